The standard InChI is InChI=1S/C22H23P/c1-17-14-15-22(19(3)18(17)2)23(21-12-8-5-9-13-21)16-20-10-6-4-7-11-20/h4-15H,16H2,1-3H3. The van der Waals surface area contributed by atoms with Gasteiger partial charge in [0.2, 0.25) is 0 Å². The van der Waals surface area contributed by atoms with E-state index in [1.165, 1.54) is 32.9 Å². The molecular formula is C22H23P. The minimum absolute atomic E-state index is 0.377. The second kappa shape index (κ2) is 7.11. The largest absolute Gasteiger partial charge is 0.0622 e. The van der Waals surface area contributed by atoms with E-state index < -0.39 is 0 Å². The van der Waals surface area contributed by atoms with Crippen molar-refractivity contribution < 1.29 is 0 Å². The molecule has 0 aliphatic rings. The number of rotatable bonds is 4. The van der Waals surface area contributed by atoms with Crippen molar-refractivity contribution in [2.24, 2.45) is 0 Å². The molecule has 0 N–H and O–H groups in total. The van der Waals surface area contributed by atoms with E-state index in [4.69, 9.17) is 0 Å². The van der Waals surface area contributed by atoms with Crippen LogP contribution in [0.2, 0.25) is 0 Å². The molecule has 1 heteroatoms. The van der Waals surface area contributed by atoms with E-state index in [0.29, 0.717) is 0 Å². The molecule has 0 spiro atoms. The summed E-state index contributed by atoms with van der Waals surface area (Å²) in [5.74, 6) is 0. The second-order valence-corrected chi connectivity index (χ2v) is 8.23. The Morgan fingerprint density at radius 3 is 1.91 bits per heavy atom. The molecule has 3 aromatic carbocycles. The minimum Gasteiger partial charge on any atom is -0.0622 e. The molecule has 0 aromatic heterocycles. The maximum absolute atomic E-state index is 2.35. The Hall–Kier alpha value is -1.91. The number of hydrogen-bond donors (Lipinski definition) is 0. The zero-order valence-corrected chi connectivity index (χ0v) is 15.0. The number of aryl methyl sites for hydroxylation is 1. The van der Waals surface area contributed by atoms with Gasteiger partial charge in [-0.25, -0.2) is 0 Å². The Kier molecular flexibility index (Phi) is 4.94. The summed E-state index contributed by atoms with van der Waals surface area (Å²) >= 11 is 0. The lowest BCUT2D eigenvalue weighted by molar-refractivity contribution is 1.28. The summed E-state index contributed by atoms with van der Waals surface area (Å²) < 4.78 is 0. The van der Waals surface area contributed by atoms with Gasteiger partial charge in [0.15, 0.2) is 0 Å². The molecule has 116 valence electrons. The SMILES string of the molecule is Cc1ccc(P(Cc2ccccc2)c2ccccc2)c(C)c1C. The van der Waals surface area contributed by atoms with Crippen LogP contribution in [0.25, 0.3) is 0 Å². The third-order valence-electron chi connectivity index (χ3n) is 4.57. The summed E-state index contributed by atoms with van der Waals surface area (Å²) in [5, 5.41) is 2.97. The predicted molar refractivity (Wildman–Crippen MR) is 103 cm³/mol. The third kappa shape index (κ3) is 3.54. The maximum atomic E-state index is 2.35. The highest BCUT2D eigenvalue weighted by Gasteiger charge is 2.17. The van der Waals surface area contributed by atoms with Gasteiger partial charge in [0.05, 0.1) is 0 Å². The van der Waals surface area contributed by atoms with Crippen molar-refractivity contribution in [3.05, 3.63) is 95.1 Å². The van der Waals surface area contributed by atoms with Gasteiger partial charge in [-0.05, 0) is 61.6 Å². The molecule has 23 heavy (non-hydrogen) atoms. The van der Waals surface area contributed by atoms with Gasteiger partial charge in [-0.3, -0.25) is 0 Å². The van der Waals surface area contributed by atoms with Crippen molar-refractivity contribution in [2.45, 2.75) is 26.9 Å². The van der Waals surface area contributed by atoms with Crippen molar-refractivity contribution in [3.63, 3.8) is 0 Å². The first-order chi connectivity index (χ1) is 11.2. The molecule has 0 saturated carbocycles. The van der Waals surface area contributed by atoms with Crippen molar-refractivity contribution >= 4 is 18.5 Å². The first-order valence-electron chi connectivity index (χ1n) is 8.10. The highest BCUT2D eigenvalue weighted by atomic mass is 31.1. The van der Waals surface area contributed by atoms with Gasteiger partial charge < -0.3 is 0 Å². The summed E-state index contributed by atoms with van der Waals surface area (Å²) in [6.45, 7) is 6.73. The molecule has 0 aliphatic carbocycles. The van der Waals surface area contributed by atoms with Crippen LogP contribution in [0, 0.1) is 20.8 Å². The van der Waals surface area contributed by atoms with E-state index >= 15 is 0 Å². The van der Waals surface area contributed by atoms with Crippen LogP contribution in [-0.2, 0) is 6.16 Å². The maximum Gasteiger partial charge on any atom is 0.000753 e. The van der Waals surface area contributed by atoms with Crippen molar-refractivity contribution in [2.75, 3.05) is 0 Å². The molecule has 0 nitrogen and oxygen atoms in total. The zero-order valence-electron chi connectivity index (χ0n) is 14.1. The summed E-state index contributed by atoms with van der Waals surface area (Å²) in [6, 6.07) is 26.5. The molecule has 0 amide bonds. The second-order valence-electron chi connectivity index (χ2n) is 6.06. The van der Waals surface area contributed by atoms with Crippen LogP contribution in [0.15, 0.2) is 72.8 Å². The molecular weight excluding hydrogens is 295 g/mol. The Morgan fingerprint density at radius 1 is 0.652 bits per heavy atom. The summed E-state index contributed by atoms with van der Waals surface area (Å²) in [6.07, 6.45) is 1.10. The van der Waals surface area contributed by atoms with E-state index in [2.05, 4.69) is 93.6 Å². The molecule has 0 radical (unpaired) electrons. The molecule has 0 saturated heterocycles. The fourth-order valence-corrected chi connectivity index (χ4v) is 5.49. The quantitative estimate of drug-likeness (QED) is 0.577. The van der Waals surface area contributed by atoms with E-state index in [9.17, 15) is 0 Å². The molecule has 1 atom stereocenters. The predicted octanol–water partition coefficient (Wildman–Crippen LogP) is 5.24. The Bertz CT molecular complexity index is 776. The van der Waals surface area contributed by atoms with Crippen molar-refractivity contribution in [3.8, 4) is 0 Å². The van der Waals surface area contributed by atoms with Gasteiger partial charge in [0, 0.05) is 6.16 Å². The highest BCUT2D eigenvalue weighted by molar-refractivity contribution is 7.72. The average Bonchev–Trinajstić information content (AvgIpc) is 2.60. The monoisotopic (exact) mass is 318 g/mol. The van der Waals surface area contributed by atoms with E-state index in [1.807, 2.05) is 0 Å². The molecule has 0 bridgehead atoms. The fourth-order valence-electron chi connectivity index (χ4n) is 2.92. The average molecular weight is 318 g/mol. The van der Waals surface area contributed by atoms with Crippen LogP contribution in [-0.4, -0.2) is 0 Å². The van der Waals surface area contributed by atoms with Crippen LogP contribution in [0.4, 0.5) is 0 Å². The van der Waals surface area contributed by atoms with Crippen LogP contribution < -0.4 is 10.6 Å². The molecule has 0 heterocycles. The van der Waals surface area contributed by atoms with Gasteiger partial charge in [-0.1, -0.05) is 72.8 Å². The lowest BCUT2D eigenvalue weighted by Crippen LogP contribution is -2.17. The van der Waals surface area contributed by atoms with E-state index in [1.54, 1.807) is 0 Å². The first kappa shape index (κ1) is 16.0. The minimum atomic E-state index is -0.377. The topological polar surface area (TPSA) is 0 Å². The van der Waals surface area contributed by atoms with Crippen LogP contribution in [0.1, 0.15) is 22.3 Å². The number of benzene rings is 3. The fraction of sp³-hybridized carbons (Fsp3) is 0.182. The molecule has 1 unspecified atom stereocenters. The van der Waals surface area contributed by atoms with Gasteiger partial charge in [0.1, 0.15) is 0 Å². The third-order valence-corrected chi connectivity index (χ3v) is 7.24. The van der Waals surface area contributed by atoms with E-state index in [-0.39, 0.29) is 7.92 Å². The summed E-state index contributed by atoms with van der Waals surface area (Å²) in [4.78, 5) is 0. The van der Waals surface area contributed by atoms with Gasteiger partial charge in [-0.2, -0.15) is 0 Å². The van der Waals surface area contributed by atoms with Gasteiger partial charge >= 0.3 is 0 Å². The molecule has 3 rings (SSSR count). The van der Waals surface area contributed by atoms with Crippen LogP contribution in [0.5, 0.6) is 0 Å². The van der Waals surface area contributed by atoms with Crippen LogP contribution in [0.3, 0.4) is 0 Å². The molecule has 0 fully saturated rings. The summed E-state index contributed by atoms with van der Waals surface area (Å²) in [5.41, 5.74) is 5.68. The molecule has 0 aliphatic heterocycles. The Morgan fingerprint density at radius 2 is 1.26 bits per heavy atom. The van der Waals surface area contributed by atoms with Crippen LogP contribution >= 0.6 is 7.92 Å². The lowest BCUT2D eigenvalue weighted by atomic mass is 10.1. The van der Waals surface area contributed by atoms with Crippen molar-refractivity contribution in [1.29, 1.82) is 0 Å². The number of hydrogen-bond acceptors (Lipinski definition) is 0. The Balaban J connectivity index is 2.07. The summed E-state index contributed by atoms with van der Waals surface area (Å²) in [7, 11) is -0.377. The van der Waals surface area contributed by atoms with Gasteiger partial charge in [-0.15, -0.1) is 0 Å². The highest BCUT2D eigenvalue weighted by Crippen LogP contribution is 2.39. The van der Waals surface area contributed by atoms with Gasteiger partial charge in [0.25, 0.3) is 0 Å². The van der Waals surface area contributed by atoms with E-state index in [0.717, 1.165) is 6.16 Å². The molecule has 3 aromatic rings. The lowest BCUT2D eigenvalue weighted by Gasteiger charge is -2.22. The smallest absolute Gasteiger partial charge is 0.000753 e. The zero-order chi connectivity index (χ0) is 16.2. The Labute approximate surface area is 141 Å². The first-order valence-corrected chi connectivity index (χ1v) is 9.63. The normalized spacial score (nSPS) is 12.1. The van der Waals surface area contributed by atoms with Crippen molar-refractivity contribution in [1.82, 2.24) is 0 Å².